The minimum absolute atomic E-state index is 0. The molecule has 0 aromatic heterocycles. The number of benzene rings is 3. The number of nitrogens with one attached hydrogen (secondary N) is 1. The van der Waals surface area contributed by atoms with Gasteiger partial charge >= 0.3 is 0 Å². The number of nitro groups is 1. The Kier molecular flexibility index (Phi) is 6.46. The van der Waals surface area contributed by atoms with Crippen molar-refractivity contribution in [1.82, 2.24) is 0 Å². The molecule has 0 saturated carbocycles. The summed E-state index contributed by atoms with van der Waals surface area (Å²) in [6.07, 6.45) is 0. The van der Waals surface area contributed by atoms with Gasteiger partial charge in [0.05, 0.1) is 27.4 Å². The number of nitrogens with zero attached hydrogens (tertiary/aromatic N) is 1. The van der Waals surface area contributed by atoms with Crippen LogP contribution in [0.1, 0.15) is 37.4 Å². The molecule has 12 heteroatoms. The fourth-order valence-corrected chi connectivity index (χ4v) is 4.30. The van der Waals surface area contributed by atoms with Crippen LogP contribution in [0.5, 0.6) is 0 Å². The summed E-state index contributed by atoms with van der Waals surface area (Å²) in [5.41, 5.74) is 4.78. The molecule has 1 aliphatic rings. The molecule has 3 aromatic carbocycles. The van der Waals surface area contributed by atoms with E-state index in [-0.39, 0.29) is 63.3 Å². The van der Waals surface area contributed by atoms with E-state index in [1.54, 1.807) is 19.1 Å². The van der Waals surface area contributed by atoms with Crippen LogP contribution in [0.3, 0.4) is 0 Å². The number of nitro benzene ring substituents is 1. The zero-order valence-corrected chi connectivity index (χ0v) is 20.3. The van der Waals surface area contributed by atoms with Crippen LogP contribution >= 0.6 is 0 Å². The first-order valence-corrected chi connectivity index (χ1v) is 10.6. The average Bonchev–Trinajstić information content (AvgIpc) is 2.73. The van der Waals surface area contributed by atoms with Gasteiger partial charge in [0.25, 0.3) is 15.8 Å². The number of aryl methyl sites for hydroxylation is 1. The molecule has 3 aromatic rings. The van der Waals surface area contributed by atoms with Crippen LogP contribution in [0.15, 0.2) is 53.4 Å². The summed E-state index contributed by atoms with van der Waals surface area (Å²) < 4.78 is 33.5. The van der Waals surface area contributed by atoms with Crippen LogP contribution < -0.4 is 11.1 Å². The Hall–Kier alpha value is -3.09. The fraction of sp³-hybridized carbons (Fsp3) is 0.0476. The van der Waals surface area contributed by atoms with Gasteiger partial charge < -0.3 is 11.1 Å². The van der Waals surface area contributed by atoms with Crippen LogP contribution in [0, 0.1) is 17.0 Å². The number of hydrogen-bond donors (Lipinski definition) is 3. The van der Waals surface area contributed by atoms with Gasteiger partial charge in [-0.15, -0.1) is 0 Å². The Balaban J connectivity index is 0.00000306. The Bertz CT molecular complexity index is 1470. The zero-order valence-electron chi connectivity index (χ0n) is 17.4. The number of nitrogens with two attached hydrogens (primary N) is 1. The number of rotatable bonds is 4. The van der Waals surface area contributed by atoms with Gasteiger partial charge in [-0.2, -0.15) is 8.42 Å². The van der Waals surface area contributed by atoms with Gasteiger partial charge in [-0.1, -0.05) is 30.3 Å². The SMILES string of the molecule is Cc1ccc(Nc2cc(S(=O)(=O)O)c(N)c3c2C(=O)c2ccccc2C3=O)c([N+](=O)[O-])c1.[Na]. The number of hydrogen-bond acceptors (Lipinski definition) is 8. The summed E-state index contributed by atoms with van der Waals surface area (Å²) >= 11 is 0. The molecule has 0 unspecified atom stereocenters. The summed E-state index contributed by atoms with van der Waals surface area (Å²) in [5, 5.41) is 14.2. The summed E-state index contributed by atoms with van der Waals surface area (Å²) in [6.45, 7) is 1.65. The maximum atomic E-state index is 13.3. The molecule has 0 aliphatic heterocycles. The fourth-order valence-electron chi connectivity index (χ4n) is 3.65. The van der Waals surface area contributed by atoms with Crippen molar-refractivity contribution in [3.63, 3.8) is 0 Å². The van der Waals surface area contributed by atoms with E-state index in [1.165, 1.54) is 30.3 Å². The first-order valence-electron chi connectivity index (χ1n) is 9.15. The molecular weight excluding hydrogens is 461 g/mol. The average molecular weight is 476 g/mol. The van der Waals surface area contributed by atoms with E-state index in [4.69, 9.17) is 5.73 Å². The van der Waals surface area contributed by atoms with Crippen molar-refractivity contribution < 1.29 is 27.5 Å². The standard InChI is InChI=1S/C21H15N3O7S.Na/c1-10-6-7-13(15(8-10)24(27)28)23-14-9-16(32(29,30)31)19(22)18-17(14)20(25)11-4-2-3-5-12(11)21(18)26;/h2-9,23H,22H2,1H3,(H,29,30,31);. The topological polar surface area (TPSA) is 170 Å². The molecule has 163 valence electrons. The third kappa shape index (κ3) is 4.16. The number of nitrogen functional groups attached to an aromatic ring is 1. The number of ketones is 2. The normalized spacial score (nSPS) is 12.4. The monoisotopic (exact) mass is 476 g/mol. The quantitative estimate of drug-likeness (QED) is 0.132. The summed E-state index contributed by atoms with van der Waals surface area (Å²) in [7, 11) is -4.90. The van der Waals surface area contributed by atoms with Gasteiger partial charge in [-0.25, -0.2) is 0 Å². The van der Waals surface area contributed by atoms with E-state index >= 15 is 0 Å². The van der Waals surface area contributed by atoms with Gasteiger partial charge in [0.15, 0.2) is 11.6 Å². The Morgan fingerprint density at radius 2 is 1.55 bits per heavy atom. The molecular formula is C21H15N3NaO7S. The van der Waals surface area contributed by atoms with Crippen molar-refractivity contribution in [3.8, 4) is 0 Å². The molecule has 10 nitrogen and oxygen atoms in total. The largest absolute Gasteiger partial charge is 0.397 e. The minimum Gasteiger partial charge on any atom is -0.397 e. The van der Waals surface area contributed by atoms with Crippen LogP contribution in [0.25, 0.3) is 0 Å². The number of carbonyl (C=O) groups is 2. The van der Waals surface area contributed by atoms with Gasteiger partial charge in [-0.3, -0.25) is 24.3 Å². The second-order valence-electron chi connectivity index (χ2n) is 7.17. The second kappa shape index (κ2) is 8.69. The molecule has 0 heterocycles. The van der Waals surface area contributed by atoms with E-state index in [9.17, 15) is 32.7 Å². The molecule has 4 rings (SSSR count). The van der Waals surface area contributed by atoms with Crippen molar-refractivity contribution in [2.75, 3.05) is 11.1 Å². The van der Waals surface area contributed by atoms with E-state index < -0.39 is 42.8 Å². The van der Waals surface area contributed by atoms with Crippen LogP contribution in [-0.4, -0.2) is 59.0 Å². The summed E-state index contributed by atoms with van der Waals surface area (Å²) in [4.78, 5) is 36.4. The predicted octanol–water partition coefficient (Wildman–Crippen LogP) is 2.87. The van der Waals surface area contributed by atoms with Gasteiger partial charge in [-0.05, 0) is 24.6 Å². The minimum atomic E-state index is -4.90. The summed E-state index contributed by atoms with van der Waals surface area (Å²) in [6, 6.07) is 11.1. The van der Waals surface area contributed by atoms with Crippen LogP contribution in [-0.2, 0) is 10.1 Å². The van der Waals surface area contributed by atoms with Crippen molar-refractivity contribution >= 4 is 74.0 Å². The van der Waals surface area contributed by atoms with Crippen LogP contribution in [0.2, 0.25) is 0 Å². The van der Waals surface area contributed by atoms with Gasteiger partial charge in [0.2, 0.25) is 0 Å². The molecule has 0 spiro atoms. The van der Waals surface area contributed by atoms with Crippen molar-refractivity contribution in [3.05, 3.63) is 86.5 Å². The van der Waals surface area contributed by atoms with E-state index in [0.29, 0.717) is 5.56 Å². The number of fused-ring (bicyclic) bond motifs is 2. The Morgan fingerprint density at radius 1 is 0.970 bits per heavy atom. The Morgan fingerprint density at radius 3 is 2.09 bits per heavy atom. The predicted molar refractivity (Wildman–Crippen MR) is 121 cm³/mol. The molecule has 0 fully saturated rings. The van der Waals surface area contributed by atoms with E-state index in [2.05, 4.69) is 5.32 Å². The molecule has 4 N–H and O–H groups in total. The van der Waals surface area contributed by atoms with Gasteiger partial charge in [0, 0.05) is 46.8 Å². The maximum absolute atomic E-state index is 13.3. The molecule has 1 radical (unpaired) electrons. The smallest absolute Gasteiger partial charge is 0.296 e. The first kappa shape index (κ1) is 24.6. The molecule has 1 aliphatic carbocycles. The zero-order chi connectivity index (χ0) is 23.4. The maximum Gasteiger partial charge on any atom is 0.296 e. The van der Waals surface area contributed by atoms with Crippen molar-refractivity contribution in [2.24, 2.45) is 0 Å². The molecule has 0 bridgehead atoms. The molecule has 0 amide bonds. The van der Waals surface area contributed by atoms with Crippen LogP contribution in [0.4, 0.5) is 22.7 Å². The van der Waals surface area contributed by atoms with Crippen molar-refractivity contribution in [1.29, 1.82) is 0 Å². The van der Waals surface area contributed by atoms with Crippen molar-refractivity contribution in [2.45, 2.75) is 11.8 Å². The van der Waals surface area contributed by atoms with E-state index in [1.807, 2.05) is 0 Å². The molecule has 33 heavy (non-hydrogen) atoms. The molecule has 0 atom stereocenters. The third-order valence-electron chi connectivity index (χ3n) is 5.10. The Labute approximate surface area is 210 Å². The second-order valence-corrected chi connectivity index (χ2v) is 8.56. The first-order chi connectivity index (χ1) is 15.0. The van der Waals surface area contributed by atoms with Gasteiger partial charge in [0.1, 0.15) is 10.6 Å². The summed E-state index contributed by atoms with van der Waals surface area (Å²) in [5.74, 6) is -1.33. The number of anilines is 3. The van der Waals surface area contributed by atoms with E-state index in [0.717, 1.165) is 6.07 Å². The molecule has 0 saturated heterocycles. The third-order valence-corrected chi connectivity index (χ3v) is 5.99. The number of carbonyl (C=O) groups excluding carboxylic acids is 2.